The van der Waals surface area contributed by atoms with Crippen LogP contribution in [0.15, 0.2) is 24.3 Å². The lowest BCUT2D eigenvalue weighted by Crippen LogP contribution is -2.40. The lowest BCUT2D eigenvalue weighted by atomic mass is 9.92. The molecule has 0 unspecified atom stereocenters. The van der Waals surface area contributed by atoms with E-state index in [0.717, 1.165) is 25.7 Å². The highest BCUT2D eigenvalue weighted by Gasteiger charge is 2.37. The fourth-order valence-electron chi connectivity index (χ4n) is 4.37. The van der Waals surface area contributed by atoms with Crippen molar-refractivity contribution >= 4 is 23.2 Å². The topological polar surface area (TPSA) is 134 Å². The van der Waals surface area contributed by atoms with Crippen LogP contribution in [-0.2, 0) is 11.2 Å². The van der Waals surface area contributed by atoms with E-state index in [0.29, 0.717) is 29.9 Å². The van der Waals surface area contributed by atoms with Crippen LogP contribution in [0.5, 0.6) is 0 Å². The Hall–Kier alpha value is -3.27. The molecule has 2 N–H and O–H groups in total. The van der Waals surface area contributed by atoms with Crippen molar-refractivity contribution in [3.63, 3.8) is 0 Å². The van der Waals surface area contributed by atoms with Gasteiger partial charge in [-0.15, -0.1) is 0 Å². The molecule has 2 aliphatic rings. The minimum atomic E-state index is -0.646. The summed E-state index contributed by atoms with van der Waals surface area (Å²) in [6, 6.07) is 5.84. The summed E-state index contributed by atoms with van der Waals surface area (Å²) in [4.78, 5) is 37.4. The maximum atomic E-state index is 13.4. The van der Waals surface area contributed by atoms with E-state index >= 15 is 0 Å². The van der Waals surface area contributed by atoms with Crippen LogP contribution in [0.3, 0.4) is 0 Å². The summed E-state index contributed by atoms with van der Waals surface area (Å²) in [7, 11) is 1.69. The zero-order valence-electron chi connectivity index (χ0n) is 16.6. The molecule has 0 radical (unpaired) electrons. The van der Waals surface area contributed by atoms with Gasteiger partial charge in [0.2, 0.25) is 0 Å². The second-order valence-electron chi connectivity index (χ2n) is 7.63. The number of nitro groups is 1. The highest BCUT2D eigenvalue weighted by Crippen LogP contribution is 2.35. The number of hydrogen-bond acceptors (Lipinski definition) is 6. The molecule has 2 aromatic rings. The van der Waals surface area contributed by atoms with Crippen molar-refractivity contribution < 1.29 is 19.2 Å². The number of fused-ring (bicyclic) bond motifs is 1. The molecule has 1 aliphatic carbocycles. The van der Waals surface area contributed by atoms with Gasteiger partial charge in [0.25, 0.3) is 17.5 Å². The number of rotatable bonds is 5. The number of nitrogens with two attached hydrogens (primary N) is 1. The monoisotopic (exact) mass is 413 g/mol. The molecule has 0 spiro atoms. The van der Waals surface area contributed by atoms with Gasteiger partial charge in [-0.25, -0.2) is 0 Å². The van der Waals surface area contributed by atoms with Gasteiger partial charge in [0.15, 0.2) is 5.69 Å². The van der Waals surface area contributed by atoms with Crippen LogP contribution in [0.4, 0.5) is 11.4 Å². The van der Waals surface area contributed by atoms with Gasteiger partial charge in [-0.1, -0.05) is 0 Å². The molecule has 158 valence electrons. The van der Waals surface area contributed by atoms with Crippen molar-refractivity contribution in [3.8, 4) is 0 Å². The van der Waals surface area contributed by atoms with Crippen molar-refractivity contribution in [2.45, 2.75) is 44.2 Å². The Morgan fingerprint density at radius 2 is 1.90 bits per heavy atom. The third-order valence-corrected chi connectivity index (χ3v) is 5.97. The van der Waals surface area contributed by atoms with Crippen molar-refractivity contribution in [1.82, 2.24) is 9.78 Å². The number of anilines is 1. The standard InChI is InChI=1S/C20H23N5O5/c1-30-15-8-6-13(7-9-15)24-18-16(17(22-24)19(21)26)10-11-23(20(18)27)12-2-4-14(5-3-12)25(28)29/h2-5,13,15H,6-11H2,1H3,(H2,21,26). The van der Waals surface area contributed by atoms with E-state index in [9.17, 15) is 19.7 Å². The molecule has 1 saturated carbocycles. The summed E-state index contributed by atoms with van der Waals surface area (Å²) in [5.41, 5.74) is 7.17. The Morgan fingerprint density at radius 1 is 1.23 bits per heavy atom. The first-order chi connectivity index (χ1) is 14.4. The van der Waals surface area contributed by atoms with Gasteiger partial charge >= 0.3 is 0 Å². The number of ether oxygens (including phenoxy) is 1. The van der Waals surface area contributed by atoms with Crippen molar-refractivity contribution in [2.75, 3.05) is 18.6 Å². The Morgan fingerprint density at radius 3 is 2.47 bits per heavy atom. The van der Waals surface area contributed by atoms with Gasteiger partial charge < -0.3 is 15.4 Å². The first kappa shape index (κ1) is 20.0. The maximum Gasteiger partial charge on any atom is 0.276 e. The summed E-state index contributed by atoms with van der Waals surface area (Å²) in [5, 5.41) is 15.4. The number of non-ortho nitro benzene ring substituents is 1. The summed E-state index contributed by atoms with van der Waals surface area (Å²) < 4.78 is 7.09. The van der Waals surface area contributed by atoms with Crippen LogP contribution in [0.2, 0.25) is 0 Å². The van der Waals surface area contributed by atoms with E-state index in [4.69, 9.17) is 10.5 Å². The Balaban J connectivity index is 1.69. The SMILES string of the molecule is COC1CCC(n2nc(C(N)=O)c3c2C(=O)N(c2ccc([N+](=O)[O-])cc2)CC3)CC1. The molecule has 2 heterocycles. The minimum Gasteiger partial charge on any atom is -0.381 e. The second-order valence-corrected chi connectivity index (χ2v) is 7.63. The highest BCUT2D eigenvalue weighted by atomic mass is 16.6. The lowest BCUT2D eigenvalue weighted by molar-refractivity contribution is -0.384. The average molecular weight is 413 g/mol. The molecular weight excluding hydrogens is 390 g/mol. The van der Waals surface area contributed by atoms with Gasteiger partial charge in [0.05, 0.1) is 17.1 Å². The Kier molecular flexibility index (Phi) is 5.25. The van der Waals surface area contributed by atoms with Crippen molar-refractivity contribution in [3.05, 3.63) is 51.3 Å². The van der Waals surface area contributed by atoms with Crippen LogP contribution >= 0.6 is 0 Å². The molecule has 10 nitrogen and oxygen atoms in total. The first-order valence-corrected chi connectivity index (χ1v) is 9.91. The summed E-state index contributed by atoms with van der Waals surface area (Å²) >= 11 is 0. The second kappa shape index (κ2) is 7.86. The molecule has 1 aliphatic heterocycles. The number of amides is 2. The molecule has 1 fully saturated rings. The molecule has 30 heavy (non-hydrogen) atoms. The van der Waals surface area contributed by atoms with E-state index in [1.165, 1.54) is 12.1 Å². The van der Waals surface area contributed by atoms with Crippen LogP contribution in [0, 0.1) is 10.1 Å². The zero-order valence-corrected chi connectivity index (χ0v) is 16.6. The number of hydrogen-bond donors (Lipinski definition) is 1. The molecule has 4 rings (SSSR count). The zero-order chi connectivity index (χ0) is 21.4. The maximum absolute atomic E-state index is 13.4. The third kappa shape index (κ3) is 3.43. The fraction of sp³-hybridized carbons (Fsp3) is 0.450. The molecule has 1 aromatic carbocycles. The van der Waals surface area contributed by atoms with Gasteiger partial charge in [-0.2, -0.15) is 5.10 Å². The Bertz CT molecular complexity index is 992. The molecular formula is C20H23N5O5. The molecule has 0 bridgehead atoms. The lowest BCUT2D eigenvalue weighted by Gasteiger charge is -2.31. The molecule has 0 saturated heterocycles. The van der Waals surface area contributed by atoms with E-state index < -0.39 is 10.8 Å². The minimum absolute atomic E-state index is 0.0148. The number of methoxy groups -OCH3 is 1. The van der Waals surface area contributed by atoms with Crippen LogP contribution < -0.4 is 10.6 Å². The highest BCUT2D eigenvalue weighted by molar-refractivity contribution is 6.09. The van der Waals surface area contributed by atoms with Crippen LogP contribution in [0.25, 0.3) is 0 Å². The molecule has 10 heteroatoms. The van der Waals surface area contributed by atoms with Crippen molar-refractivity contribution in [1.29, 1.82) is 0 Å². The smallest absolute Gasteiger partial charge is 0.276 e. The third-order valence-electron chi connectivity index (χ3n) is 5.97. The number of benzene rings is 1. The number of primary amides is 1. The number of nitrogens with zero attached hydrogens (tertiary/aromatic N) is 4. The Labute approximate surface area is 172 Å². The predicted octanol–water partition coefficient (Wildman–Crippen LogP) is 2.22. The molecule has 1 aromatic heterocycles. The fourth-order valence-corrected chi connectivity index (χ4v) is 4.37. The van der Waals surface area contributed by atoms with Crippen LogP contribution in [-0.4, -0.2) is 46.3 Å². The van der Waals surface area contributed by atoms with E-state index in [1.54, 1.807) is 28.8 Å². The van der Waals surface area contributed by atoms with Gasteiger partial charge in [0, 0.05) is 37.0 Å². The summed E-state index contributed by atoms with van der Waals surface area (Å²) in [6.07, 6.45) is 3.90. The number of nitro benzene ring substituents is 1. The summed E-state index contributed by atoms with van der Waals surface area (Å²) in [6.45, 7) is 0.339. The number of carbonyl (C=O) groups excluding carboxylic acids is 2. The van der Waals surface area contributed by atoms with E-state index in [-0.39, 0.29) is 29.4 Å². The van der Waals surface area contributed by atoms with Gasteiger partial charge in [0.1, 0.15) is 5.69 Å². The molecule has 2 amide bonds. The van der Waals surface area contributed by atoms with Gasteiger partial charge in [-0.05, 0) is 44.2 Å². The quantitative estimate of drug-likeness (QED) is 0.590. The van der Waals surface area contributed by atoms with E-state index in [2.05, 4.69) is 5.10 Å². The largest absolute Gasteiger partial charge is 0.381 e. The normalized spacial score (nSPS) is 21.4. The summed E-state index contributed by atoms with van der Waals surface area (Å²) in [5.74, 6) is -0.925. The van der Waals surface area contributed by atoms with Crippen molar-refractivity contribution in [2.24, 2.45) is 5.73 Å². The van der Waals surface area contributed by atoms with Crippen LogP contribution in [0.1, 0.15) is 58.3 Å². The van der Waals surface area contributed by atoms with Gasteiger partial charge in [-0.3, -0.25) is 24.4 Å². The first-order valence-electron chi connectivity index (χ1n) is 9.91. The average Bonchev–Trinajstić information content (AvgIpc) is 3.15. The van der Waals surface area contributed by atoms with E-state index in [1.807, 2.05) is 0 Å². The number of carbonyl (C=O) groups is 2. The predicted molar refractivity (Wildman–Crippen MR) is 108 cm³/mol. The molecule has 0 atom stereocenters. The number of aromatic nitrogens is 2.